The monoisotopic (exact) mass is 2120 g/mol. The Hall–Kier alpha value is -7.22. The minimum atomic E-state index is -2.63. The molecular weight excluding hydrogens is 1950 g/mol. The van der Waals surface area contributed by atoms with Gasteiger partial charge in [0.1, 0.15) is 11.2 Å². The summed E-state index contributed by atoms with van der Waals surface area (Å²) >= 11 is 31.5. The number of nitrogens with zero attached hydrogens (tertiary/aromatic N) is 2. The first kappa shape index (κ1) is 125. The number of hydrogen-bond acceptors (Lipinski definition) is 12. The van der Waals surface area contributed by atoms with Gasteiger partial charge in [-0.3, -0.25) is 4.79 Å². The van der Waals surface area contributed by atoms with E-state index < -0.39 is 39.0 Å². The number of Topliss-reactive ketones (excluding diaryl/α,β-unsaturated/α-hetero) is 1. The summed E-state index contributed by atoms with van der Waals surface area (Å²) in [5.74, 6) is 1.18. The van der Waals surface area contributed by atoms with Gasteiger partial charge in [-0.2, -0.15) is 0 Å². The van der Waals surface area contributed by atoms with Crippen LogP contribution in [0.5, 0.6) is 0 Å². The molecule has 5 atom stereocenters. The first-order chi connectivity index (χ1) is 68.4. The Labute approximate surface area is 917 Å². The molecule has 788 valence electrons. The number of rotatable bonds is 38. The topological polar surface area (TPSA) is 188 Å². The average Bonchev–Trinajstić information content (AvgIpc) is 0.751. The molecule has 3 heterocycles. The Bertz CT molecular complexity index is 5420. The largest absolute Gasteiger partial charge is 2.00 e. The van der Waals surface area contributed by atoms with Crippen molar-refractivity contribution in [2.24, 2.45) is 17.8 Å². The molecule has 2 amide bonds. The van der Waals surface area contributed by atoms with E-state index in [1.54, 1.807) is 9.80 Å². The number of likely N-dealkylation sites (tertiary alicyclic amines) is 2. The van der Waals surface area contributed by atoms with E-state index in [2.05, 4.69) is 256 Å². The number of piperidine rings is 3. The summed E-state index contributed by atoms with van der Waals surface area (Å²) in [6.07, 6.45) is 19.9. The number of carbonyl (C=O) groups excluding carboxylic acids is 3. The number of carbonyl (C=O) groups is 3. The molecular formula is C123H170Cl5MgN3O11Si2. The van der Waals surface area contributed by atoms with Gasteiger partial charge in [-0.1, -0.05) is 367 Å². The second kappa shape index (κ2) is 61.3. The standard InChI is InChI=1S/C46H60ClNO4Si.C25H30ClNO3.C25H34ClNO2.C21H29ClOSi.C5H11ClO.CH4.Mg.2H/c1-8-35-21-18-22-36(33-35)42-40(28-19-29-41(42)47)46(50,37-23-20-31-48(34-37)43(49)52-44(2,3)4)30-16-11-17-32-51-53(45(5,6)7,38-24-12-9-13-25-38)39-26-14-10-15-27-39;1-5-17-9-6-10-18(15-17)22-20(12-7-13-21(22)26)23(28)19-11-8-14-27(16-19)24(29)30-25(2,3)4;1-2-19-9-6-10-20(17-19)24-22(12-7-13-23(24)26)25(29,14-4-3-5-16-28)21-11-8-15-27-18-21;1-21(2,3)24(19-13-7-4-8-14-19,20-15-9-5-10-16-20)23-18-12-6-11-17-22;6-4-2-1-3-5-7;;;;/h9-10,12-15,18-19,21-22,24-29,33,37,50H,8,11,16-17,20,23,30-32,34H2,1-7H3;6-7,9-10,12-13,15,19H,5,8,11,14,16H2,1-4H3;6-7,9-10,12-13,17,21,27-29H,2-5,8,11,14-16,18H2,1H3;4-5,7-10,13-16H,6,11-12,17-18H2,1-3H3;7H,1-5H2;1H4;;;/q;;;;;;+2;2*-1/t37-,46?;19-;21-,25?;;;;;;/m111....../s1. The number of halogens is 5. The van der Waals surface area contributed by atoms with Crippen molar-refractivity contribution in [3.8, 4) is 33.4 Å². The quantitative estimate of drug-likeness (QED) is 0.0107. The number of hydrogen-bond donors (Lipinski definition) is 5. The number of aliphatic hydroxyl groups is 4. The Balaban J connectivity index is 0.000000349. The summed E-state index contributed by atoms with van der Waals surface area (Å²) < 4.78 is 25.3. The van der Waals surface area contributed by atoms with E-state index in [-0.39, 0.29) is 85.7 Å². The van der Waals surface area contributed by atoms with Gasteiger partial charge in [-0.25, -0.2) is 9.59 Å². The first-order valence-electron chi connectivity index (χ1n) is 52.6. The predicted octanol–water partition coefficient (Wildman–Crippen LogP) is 29.1. The van der Waals surface area contributed by atoms with E-state index >= 15 is 0 Å². The van der Waals surface area contributed by atoms with Crippen molar-refractivity contribution in [2.75, 3.05) is 77.5 Å². The molecule has 22 heteroatoms. The molecule has 0 aliphatic carbocycles. The third-order valence-corrected chi connectivity index (χ3v) is 39.3. The van der Waals surface area contributed by atoms with E-state index in [1.807, 2.05) is 102 Å². The third-order valence-electron chi connectivity index (χ3n) is 27.7. The van der Waals surface area contributed by atoms with Crippen molar-refractivity contribution in [3.63, 3.8) is 0 Å². The summed E-state index contributed by atoms with van der Waals surface area (Å²) in [4.78, 5) is 42.8. The molecule has 10 aromatic carbocycles. The molecule has 0 radical (unpaired) electrons. The van der Waals surface area contributed by atoms with Gasteiger partial charge in [0, 0.05) is 126 Å². The summed E-state index contributed by atoms with van der Waals surface area (Å²) in [5.41, 5.74) is 8.37. The minimum absolute atomic E-state index is 0. The minimum Gasteiger partial charge on any atom is -1.00 e. The Kier molecular flexibility index (Phi) is 52.7. The van der Waals surface area contributed by atoms with E-state index in [4.69, 9.17) is 86.5 Å². The Morgan fingerprint density at radius 2 is 0.752 bits per heavy atom. The maximum absolute atomic E-state index is 13.5. The van der Waals surface area contributed by atoms with Crippen LogP contribution in [0.2, 0.25) is 25.1 Å². The molecule has 2 unspecified atom stereocenters. The number of aliphatic hydroxyl groups excluding tert-OH is 2. The summed E-state index contributed by atoms with van der Waals surface area (Å²) in [5, 5.41) is 53.3. The van der Waals surface area contributed by atoms with Crippen molar-refractivity contribution in [2.45, 2.75) is 291 Å². The zero-order chi connectivity index (χ0) is 104. The fourth-order valence-electron chi connectivity index (χ4n) is 20.4. The summed E-state index contributed by atoms with van der Waals surface area (Å²) in [7, 11) is -4.98. The summed E-state index contributed by atoms with van der Waals surface area (Å²) in [6, 6.07) is 85.6. The van der Waals surface area contributed by atoms with Gasteiger partial charge < -0.3 is 56.7 Å². The number of aryl methyl sites for hydroxylation is 3. The zero-order valence-electron chi connectivity index (χ0n) is 90.8. The third kappa shape index (κ3) is 35.4. The van der Waals surface area contributed by atoms with Crippen LogP contribution in [0.4, 0.5) is 9.59 Å². The van der Waals surface area contributed by atoms with Crippen LogP contribution in [0.3, 0.4) is 0 Å². The second-order valence-electron chi connectivity index (χ2n) is 42.5. The van der Waals surface area contributed by atoms with Crippen molar-refractivity contribution in [1.29, 1.82) is 0 Å². The van der Waals surface area contributed by atoms with Crippen molar-refractivity contribution >= 4 is 136 Å². The second-order valence-corrected chi connectivity index (χ2v) is 53.1. The Morgan fingerprint density at radius 1 is 0.407 bits per heavy atom. The van der Waals surface area contributed by atoms with Crippen LogP contribution in [-0.4, -0.2) is 177 Å². The summed E-state index contributed by atoms with van der Waals surface area (Å²) in [6.45, 7) is 37.3. The fourth-order valence-corrected chi connectivity index (χ4v) is 30.9. The smallest absolute Gasteiger partial charge is 1.00 e. The van der Waals surface area contributed by atoms with Gasteiger partial charge in [-0.05, 0) is 257 Å². The molecule has 10 aromatic rings. The number of ketones is 1. The van der Waals surface area contributed by atoms with Crippen LogP contribution >= 0.6 is 58.0 Å². The van der Waals surface area contributed by atoms with Gasteiger partial charge in [0.05, 0.1) is 11.2 Å². The SMILES string of the molecule is C.CC(C)(C)[Si](OCCCCCCl)(c1ccccc1)c1ccccc1.CCc1cccc(-c2c(Cl)cccc2C(=O)[C@@H]2CCCN(C(=O)OC(C)(C)C)C2)c1.CCc1cccc(-c2c(Cl)cccc2C(O)(CCCCCO)[C@@H]2CCCNC2)c1.CCc1cccc(-c2c(Cl)cccc2C(O)(CCCCCO[Si](c2ccccc2)(c2ccccc2)C(C)(C)C)[C@@H]2CCCN(C(=O)OC(C)(C)C)C2)c1.OCCCCCCl.[H-].[H-].[Mg+2]. The normalized spacial score (nSPS) is 15.9. The number of nitrogens with one attached hydrogen (secondary N) is 1. The number of ether oxygens (including phenoxy) is 2. The molecule has 5 N–H and O–H groups in total. The van der Waals surface area contributed by atoms with E-state index in [9.17, 15) is 24.6 Å². The number of benzene rings is 10. The molecule has 3 fully saturated rings. The van der Waals surface area contributed by atoms with Crippen LogP contribution in [-0.2, 0) is 48.8 Å². The molecule has 13 rings (SSSR count). The maximum atomic E-state index is 13.5. The van der Waals surface area contributed by atoms with Gasteiger partial charge in [0.25, 0.3) is 16.6 Å². The molecule has 3 aliphatic heterocycles. The van der Waals surface area contributed by atoms with Crippen LogP contribution in [0, 0.1) is 17.8 Å². The van der Waals surface area contributed by atoms with Gasteiger partial charge in [0.15, 0.2) is 5.78 Å². The number of amides is 2. The van der Waals surface area contributed by atoms with Gasteiger partial charge in [0.2, 0.25) is 0 Å². The number of unbranched alkanes of at least 4 members (excludes halogenated alkanes) is 8. The van der Waals surface area contributed by atoms with Crippen LogP contribution in [0.15, 0.2) is 249 Å². The maximum Gasteiger partial charge on any atom is 2.00 e. The molecule has 0 spiro atoms. The molecule has 0 aromatic heterocycles. The van der Waals surface area contributed by atoms with E-state index in [0.717, 1.165) is 211 Å². The molecule has 0 saturated carbocycles. The molecule has 3 saturated heterocycles. The predicted molar refractivity (Wildman–Crippen MR) is 620 cm³/mol. The van der Waals surface area contributed by atoms with Crippen molar-refractivity contribution in [1.82, 2.24) is 15.1 Å². The fraction of sp³-hybridized carbons (Fsp3) is 0.488. The van der Waals surface area contributed by atoms with Crippen molar-refractivity contribution < 1.29 is 56.0 Å². The van der Waals surface area contributed by atoms with Crippen LogP contribution in [0.25, 0.3) is 33.4 Å². The van der Waals surface area contributed by atoms with E-state index in [0.29, 0.717) is 72.9 Å². The van der Waals surface area contributed by atoms with Crippen LogP contribution in [0.1, 0.15) is 281 Å². The van der Waals surface area contributed by atoms with Gasteiger partial charge in [-0.15, -0.1) is 23.2 Å². The number of alkyl halides is 2. The molecule has 0 bridgehead atoms. The molecule has 145 heavy (non-hydrogen) atoms. The van der Waals surface area contributed by atoms with Crippen molar-refractivity contribution in [3.05, 3.63) is 297 Å². The first-order valence-corrected chi connectivity index (χ1v) is 58.6. The molecule has 3 aliphatic rings. The van der Waals surface area contributed by atoms with E-state index in [1.165, 1.54) is 37.4 Å². The average molecular weight is 2120 g/mol. The Morgan fingerprint density at radius 3 is 1.12 bits per heavy atom. The van der Waals surface area contributed by atoms with Gasteiger partial charge >= 0.3 is 35.2 Å². The zero-order valence-corrected chi connectivity index (χ0v) is 96.0. The van der Waals surface area contributed by atoms with Crippen LogP contribution < -0.4 is 26.1 Å². The molecule has 14 nitrogen and oxygen atoms in total.